The van der Waals surface area contributed by atoms with Crippen LogP contribution in [0.15, 0.2) is 72.8 Å². The van der Waals surface area contributed by atoms with Crippen molar-refractivity contribution in [2.75, 3.05) is 6.54 Å². The summed E-state index contributed by atoms with van der Waals surface area (Å²) >= 11 is 0. The van der Waals surface area contributed by atoms with Gasteiger partial charge in [0, 0.05) is 12.1 Å². The summed E-state index contributed by atoms with van der Waals surface area (Å²) in [5.41, 5.74) is 5.34. The topological polar surface area (TPSA) is 49.3 Å². The van der Waals surface area contributed by atoms with E-state index in [-0.39, 0.29) is 17.1 Å². The number of amides is 1. The van der Waals surface area contributed by atoms with E-state index in [1.54, 1.807) is 12.1 Å². The highest BCUT2D eigenvalue weighted by atomic mass is 16.3. The zero-order valence-corrected chi connectivity index (χ0v) is 16.7. The van der Waals surface area contributed by atoms with Gasteiger partial charge in [0.15, 0.2) is 0 Å². The molecule has 3 nitrogen and oxygen atoms in total. The van der Waals surface area contributed by atoms with Gasteiger partial charge in [-0.15, -0.1) is 0 Å². The van der Waals surface area contributed by atoms with Crippen LogP contribution in [0.3, 0.4) is 0 Å². The normalized spacial score (nSPS) is 11.2. The molecule has 0 aromatic heterocycles. The smallest absolute Gasteiger partial charge is 0.251 e. The molecule has 3 aromatic rings. The zero-order chi connectivity index (χ0) is 20.1. The highest BCUT2D eigenvalue weighted by Gasteiger charge is 2.12. The molecule has 144 valence electrons. The first-order chi connectivity index (χ1) is 13.3. The summed E-state index contributed by atoms with van der Waals surface area (Å²) in [6.07, 6.45) is 0.807. The lowest BCUT2D eigenvalue weighted by Crippen LogP contribution is -2.25. The van der Waals surface area contributed by atoms with Crippen molar-refractivity contribution in [1.82, 2.24) is 5.32 Å². The Kier molecular flexibility index (Phi) is 5.84. The van der Waals surface area contributed by atoms with E-state index in [0.29, 0.717) is 12.1 Å². The van der Waals surface area contributed by atoms with Crippen LogP contribution in [-0.4, -0.2) is 17.6 Å². The van der Waals surface area contributed by atoms with Crippen molar-refractivity contribution < 1.29 is 9.90 Å². The van der Waals surface area contributed by atoms with E-state index in [2.05, 4.69) is 50.4 Å². The SMILES string of the molecule is CC(C)(C)c1ccc(CCNC(=O)c2ccc(-c3ccc(O)cc3)cc2)cc1. The average Bonchev–Trinajstić information content (AvgIpc) is 2.68. The summed E-state index contributed by atoms with van der Waals surface area (Å²) in [5.74, 6) is 0.177. The third kappa shape index (κ3) is 5.01. The Morgan fingerprint density at radius 1 is 0.821 bits per heavy atom. The van der Waals surface area contributed by atoms with Crippen LogP contribution in [-0.2, 0) is 11.8 Å². The van der Waals surface area contributed by atoms with Crippen molar-refractivity contribution in [3.05, 3.63) is 89.5 Å². The van der Waals surface area contributed by atoms with Crippen molar-refractivity contribution in [3.8, 4) is 16.9 Å². The van der Waals surface area contributed by atoms with Crippen LogP contribution in [0.4, 0.5) is 0 Å². The molecule has 0 atom stereocenters. The van der Waals surface area contributed by atoms with Crippen LogP contribution < -0.4 is 5.32 Å². The number of carbonyl (C=O) groups is 1. The lowest BCUT2D eigenvalue weighted by Gasteiger charge is -2.19. The van der Waals surface area contributed by atoms with E-state index in [0.717, 1.165) is 17.5 Å². The standard InChI is InChI=1S/C25H27NO2/c1-25(2,3)22-12-4-18(5-13-22)16-17-26-24(28)21-8-6-19(7-9-21)20-10-14-23(27)15-11-20/h4-15,27H,16-17H2,1-3H3,(H,26,28). The van der Waals surface area contributed by atoms with Crippen molar-refractivity contribution >= 4 is 5.91 Å². The molecular weight excluding hydrogens is 346 g/mol. The summed E-state index contributed by atoms with van der Waals surface area (Å²) in [6.45, 7) is 7.22. The molecular formula is C25H27NO2. The Bertz CT molecular complexity index is 918. The Morgan fingerprint density at radius 3 is 1.89 bits per heavy atom. The molecule has 2 N–H and O–H groups in total. The molecule has 3 heteroatoms. The average molecular weight is 373 g/mol. The number of nitrogens with one attached hydrogen (secondary N) is 1. The molecule has 0 aliphatic heterocycles. The fraction of sp³-hybridized carbons (Fsp3) is 0.240. The van der Waals surface area contributed by atoms with Crippen molar-refractivity contribution in [3.63, 3.8) is 0 Å². The van der Waals surface area contributed by atoms with Crippen LogP contribution in [0.1, 0.15) is 42.3 Å². The molecule has 0 aliphatic carbocycles. The molecule has 3 rings (SSSR count). The van der Waals surface area contributed by atoms with Crippen LogP contribution in [0.5, 0.6) is 5.75 Å². The summed E-state index contributed by atoms with van der Waals surface area (Å²) in [7, 11) is 0. The minimum atomic E-state index is -0.0661. The van der Waals surface area contributed by atoms with Crippen molar-refractivity contribution in [1.29, 1.82) is 0 Å². The van der Waals surface area contributed by atoms with Gasteiger partial charge in [-0.25, -0.2) is 0 Å². The minimum Gasteiger partial charge on any atom is -0.508 e. The molecule has 3 aromatic carbocycles. The summed E-state index contributed by atoms with van der Waals surface area (Å²) in [4.78, 5) is 12.4. The maximum atomic E-state index is 12.4. The Morgan fingerprint density at radius 2 is 1.36 bits per heavy atom. The summed E-state index contributed by atoms with van der Waals surface area (Å²) in [5, 5.41) is 12.4. The van der Waals surface area contributed by atoms with Crippen LogP contribution >= 0.6 is 0 Å². The van der Waals surface area contributed by atoms with Crippen LogP contribution in [0.25, 0.3) is 11.1 Å². The first-order valence-corrected chi connectivity index (χ1v) is 9.60. The van der Waals surface area contributed by atoms with E-state index in [4.69, 9.17) is 0 Å². The Balaban J connectivity index is 1.54. The molecule has 0 spiro atoms. The lowest BCUT2D eigenvalue weighted by atomic mass is 9.86. The van der Waals surface area contributed by atoms with Gasteiger partial charge in [0.2, 0.25) is 0 Å². The van der Waals surface area contributed by atoms with E-state index >= 15 is 0 Å². The number of aromatic hydroxyl groups is 1. The fourth-order valence-corrected chi connectivity index (χ4v) is 3.06. The molecule has 1 amide bonds. The highest BCUT2D eigenvalue weighted by Crippen LogP contribution is 2.23. The summed E-state index contributed by atoms with van der Waals surface area (Å²) < 4.78 is 0. The van der Waals surface area contributed by atoms with Gasteiger partial charge in [0.05, 0.1) is 0 Å². The fourth-order valence-electron chi connectivity index (χ4n) is 3.06. The Labute approximate surface area is 167 Å². The molecule has 28 heavy (non-hydrogen) atoms. The Hall–Kier alpha value is -3.07. The number of carbonyl (C=O) groups excluding carboxylic acids is 1. The molecule has 0 aliphatic rings. The third-order valence-corrected chi connectivity index (χ3v) is 4.87. The first-order valence-electron chi connectivity index (χ1n) is 9.60. The van der Waals surface area contributed by atoms with Gasteiger partial charge in [0.25, 0.3) is 5.91 Å². The number of rotatable bonds is 5. The maximum Gasteiger partial charge on any atom is 0.251 e. The van der Waals surface area contributed by atoms with E-state index in [9.17, 15) is 9.90 Å². The van der Waals surface area contributed by atoms with Crippen molar-refractivity contribution in [2.45, 2.75) is 32.6 Å². The molecule has 0 bridgehead atoms. The third-order valence-electron chi connectivity index (χ3n) is 4.87. The number of phenols is 1. The van der Waals surface area contributed by atoms with Crippen LogP contribution in [0, 0.1) is 0 Å². The van der Waals surface area contributed by atoms with E-state index < -0.39 is 0 Å². The molecule has 0 unspecified atom stereocenters. The summed E-state index contributed by atoms with van der Waals surface area (Å²) in [6, 6.07) is 23.1. The lowest BCUT2D eigenvalue weighted by molar-refractivity contribution is 0.0954. The largest absolute Gasteiger partial charge is 0.508 e. The number of hydrogen-bond acceptors (Lipinski definition) is 2. The zero-order valence-electron chi connectivity index (χ0n) is 16.7. The van der Waals surface area contributed by atoms with Gasteiger partial charge in [-0.2, -0.15) is 0 Å². The minimum absolute atomic E-state index is 0.0661. The second-order valence-electron chi connectivity index (χ2n) is 8.08. The van der Waals surface area contributed by atoms with E-state index in [1.165, 1.54) is 11.1 Å². The molecule has 0 radical (unpaired) electrons. The van der Waals surface area contributed by atoms with Crippen molar-refractivity contribution in [2.24, 2.45) is 0 Å². The van der Waals surface area contributed by atoms with Gasteiger partial charge < -0.3 is 10.4 Å². The maximum absolute atomic E-state index is 12.4. The van der Waals surface area contributed by atoms with Gasteiger partial charge >= 0.3 is 0 Å². The second kappa shape index (κ2) is 8.30. The van der Waals surface area contributed by atoms with Gasteiger partial charge in [-0.1, -0.05) is 69.3 Å². The highest BCUT2D eigenvalue weighted by molar-refractivity contribution is 5.94. The monoisotopic (exact) mass is 373 g/mol. The predicted octanol–water partition coefficient (Wildman–Crippen LogP) is 5.33. The number of benzene rings is 3. The molecule has 0 saturated heterocycles. The second-order valence-corrected chi connectivity index (χ2v) is 8.08. The van der Waals surface area contributed by atoms with Gasteiger partial charge in [0.1, 0.15) is 5.75 Å². The molecule has 0 saturated carbocycles. The van der Waals surface area contributed by atoms with Gasteiger partial charge in [-0.05, 0) is 58.4 Å². The predicted molar refractivity (Wildman–Crippen MR) is 115 cm³/mol. The van der Waals surface area contributed by atoms with E-state index in [1.807, 2.05) is 36.4 Å². The molecule has 0 fully saturated rings. The molecule has 0 heterocycles. The first kappa shape index (κ1) is 19.7. The van der Waals surface area contributed by atoms with Crippen LogP contribution in [0.2, 0.25) is 0 Å². The number of hydrogen-bond donors (Lipinski definition) is 2. The quantitative estimate of drug-likeness (QED) is 0.635. The van der Waals surface area contributed by atoms with Gasteiger partial charge in [-0.3, -0.25) is 4.79 Å². The number of phenolic OH excluding ortho intramolecular Hbond substituents is 1.